The van der Waals surface area contributed by atoms with Gasteiger partial charge in [-0.25, -0.2) is 8.42 Å². The second kappa shape index (κ2) is 13.8. The van der Waals surface area contributed by atoms with Crippen LogP contribution in [0.5, 0.6) is 0 Å². The second-order valence-corrected chi connectivity index (χ2v) is 12.1. The van der Waals surface area contributed by atoms with Gasteiger partial charge in [0.15, 0.2) is 11.0 Å². The van der Waals surface area contributed by atoms with Crippen LogP contribution >= 0.6 is 23.4 Å². The fourth-order valence-electron chi connectivity index (χ4n) is 4.03. The Labute approximate surface area is 248 Å². The van der Waals surface area contributed by atoms with E-state index < -0.39 is 21.8 Å². The zero-order valence-corrected chi connectivity index (χ0v) is 24.8. The molecule has 0 bridgehead atoms. The summed E-state index contributed by atoms with van der Waals surface area (Å²) in [6.07, 6.45) is 0. The summed E-state index contributed by atoms with van der Waals surface area (Å²) in [6, 6.07) is 22.8. The fourth-order valence-corrected chi connectivity index (χ4v) is 6.49. The van der Waals surface area contributed by atoms with Gasteiger partial charge in [-0.2, -0.15) is 4.31 Å². The van der Waals surface area contributed by atoms with Gasteiger partial charge in [-0.3, -0.25) is 25.0 Å². The van der Waals surface area contributed by atoms with Crippen molar-refractivity contribution in [2.45, 2.75) is 30.4 Å². The number of rotatable bonds is 11. The maximum Gasteiger partial charge on any atom is 0.271 e. The number of thioether (sulfide) groups is 1. The molecule has 0 unspecified atom stereocenters. The number of sulfonamides is 1. The van der Waals surface area contributed by atoms with Crippen LogP contribution in [-0.2, 0) is 21.4 Å². The molecule has 0 radical (unpaired) electrons. The van der Waals surface area contributed by atoms with Crippen molar-refractivity contribution in [2.24, 2.45) is 0 Å². The Morgan fingerprint density at radius 1 is 0.927 bits per heavy atom. The largest absolute Gasteiger partial charge is 0.298 e. The van der Waals surface area contributed by atoms with Gasteiger partial charge < -0.3 is 0 Å². The molecule has 41 heavy (non-hydrogen) atoms. The van der Waals surface area contributed by atoms with Crippen LogP contribution in [-0.4, -0.2) is 58.1 Å². The Morgan fingerprint density at radius 3 is 2.34 bits per heavy atom. The molecule has 0 saturated heterocycles. The smallest absolute Gasteiger partial charge is 0.271 e. The quantitative estimate of drug-likeness (QED) is 0.192. The number of aromatic nitrogens is 3. The average molecular weight is 613 g/mol. The molecular formula is C28H29ClN6O4S2. The minimum atomic E-state index is -3.68. The molecule has 10 nitrogen and oxygen atoms in total. The van der Waals surface area contributed by atoms with Gasteiger partial charge in [0.05, 0.1) is 27.8 Å². The zero-order chi connectivity index (χ0) is 29.4. The molecule has 0 saturated carbocycles. The predicted octanol–water partition coefficient (Wildman–Crippen LogP) is 4.23. The van der Waals surface area contributed by atoms with Gasteiger partial charge in [0, 0.05) is 18.7 Å². The molecule has 4 rings (SSSR count). The molecule has 0 atom stereocenters. The number of carbonyl (C=O) groups is 2. The van der Waals surface area contributed by atoms with Gasteiger partial charge in [-0.05, 0) is 29.8 Å². The number of nitrogens with one attached hydrogen (secondary N) is 2. The average Bonchev–Trinajstić information content (AvgIpc) is 3.38. The standard InChI is InChI=1S/C28H29ClN6O4S2/c1-3-34(4-2)41(38,39)22-14-10-13-21(17-22)26-31-33-28(35(26)18-20-11-6-5-7-12-20)40-19-25(36)30-32-27(37)23-15-8-9-16-24(23)29/h5-17H,3-4,18-19H2,1-2H3,(H,30,36)(H,32,37). The van der Waals surface area contributed by atoms with Crippen molar-refractivity contribution in [3.63, 3.8) is 0 Å². The van der Waals surface area contributed by atoms with Gasteiger partial charge in [0.1, 0.15) is 0 Å². The maximum absolute atomic E-state index is 13.2. The number of carbonyl (C=O) groups excluding carboxylic acids is 2. The van der Waals surface area contributed by atoms with E-state index in [2.05, 4.69) is 21.0 Å². The molecule has 2 amide bonds. The van der Waals surface area contributed by atoms with Gasteiger partial charge in [-0.15, -0.1) is 10.2 Å². The summed E-state index contributed by atoms with van der Waals surface area (Å²) in [5.41, 5.74) is 6.53. The number of hydrazine groups is 1. The first-order chi connectivity index (χ1) is 19.7. The second-order valence-electron chi connectivity index (χ2n) is 8.77. The van der Waals surface area contributed by atoms with Crippen LogP contribution in [0.2, 0.25) is 5.02 Å². The van der Waals surface area contributed by atoms with Crippen molar-refractivity contribution in [3.8, 4) is 11.4 Å². The minimum absolute atomic E-state index is 0.0634. The molecule has 0 spiro atoms. The minimum Gasteiger partial charge on any atom is -0.298 e. The van der Waals surface area contributed by atoms with Crippen LogP contribution in [0.1, 0.15) is 29.8 Å². The van der Waals surface area contributed by atoms with Crippen molar-refractivity contribution in [1.82, 2.24) is 29.9 Å². The molecule has 13 heteroatoms. The molecule has 0 aliphatic rings. The number of nitrogens with zero attached hydrogens (tertiary/aromatic N) is 4. The highest BCUT2D eigenvalue weighted by molar-refractivity contribution is 7.99. The summed E-state index contributed by atoms with van der Waals surface area (Å²) in [7, 11) is -3.68. The van der Waals surface area contributed by atoms with Crippen LogP contribution in [0.4, 0.5) is 0 Å². The van der Waals surface area contributed by atoms with Crippen molar-refractivity contribution >= 4 is 45.2 Å². The summed E-state index contributed by atoms with van der Waals surface area (Å²) < 4.78 is 29.5. The highest BCUT2D eigenvalue weighted by Gasteiger charge is 2.23. The first-order valence-corrected chi connectivity index (χ1v) is 15.6. The monoisotopic (exact) mass is 612 g/mol. The van der Waals surface area contributed by atoms with E-state index in [1.165, 1.54) is 4.31 Å². The normalized spacial score (nSPS) is 11.4. The molecule has 1 heterocycles. The summed E-state index contributed by atoms with van der Waals surface area (Å²) >= 11 is 7.18. The zero-order valence-electron chi connectivity index (χ0n) is 22.5. The Balaban J connectivity index is 1.55. The molecule has 4 aromatic rings. The number of benzene rings is 3. The van der Waals surface area contributed by atoms with E-state index in [1.54, 1.807) is 62.4 Å². The third-order valence-electron chi connectivity index (χ3n) is 6.10. The van der Waals surface area contributed by atoms with E-state index in [-0.39, 0.29) is 21.2 Å². The molecule has 214 valence electrons. The van der Waals surface area contributed by atoms with Crippen molar-refractivity contribution in [3.05, 3.63) is 95.0 Å². The number of hydrogen-bond acceptors (Lipinski definition) is 7. The summed E-state index contributed by atoms with van der Waals surface area (Å²) in [5, 5.41) is 9.39. The summed E-state index contributed by atoms with van der Waals surface area (Å²) in [4.78, 5) is 25.1. The van der Waals surface area contributed by atoms with Crippen LogP contribution in [0, 0.1) is 0 Å². The lowest BCUT2D eigenvalue weighted by Crippen LogP contribution is -2.42. The van der Waals surface area contributed by atoms with E-state index in [1.807, 2.05) is 34.9 Å². The van der Waals surface area contributed by atoms with E-state index in [0.717, 1.165) is 17.3 Å². The number of amides is 2. The molecule has 2 N–H and O–H groups in total. The van der Waals surface area contributed by atoms with Crippen LogP contribution in [0.25, 0.3) is 11.4 Å². The molecule has 1 aromatic heterocycles. The lowest BCUT2D eigenvalue weighted by Gasteiger charge is -2.19. The maximum atomic E-state index is 13.2. The van der Waals surface area contributed by atoms with Crippen molar-refractivity contribution < 1.29 is 18.0 Å². The summed E-state index contributed by atoms with van der Waals surface area (Å²) in [6.45, 7) is 4.69. The van der Waals surface area contributed by atoms with Crippen molar-refractivity contribution in [1.29, 1.82) is 0 Å². The fraction of sp³-hybridized carbons (Fsp3) is 0.214. The van der Waals surface area contributed by atoms with Crippen LogP contribution in [0.3, 0.4) is 0 Å². The van der Waals surface area contributed by atoms with Gasteiger partial charge >= 0.3 is 0 Å². The molecule has 0 aliphatic carbocycles. The Morgan fingerprint density at radius 2 is 1.63 bits per heavy atom. The van der Waals surface area contributed by atoms with E-state index >= 15 is 0 Å². The first kappa shape index (κ1) is 30.3. The molecule has 0 fully saturated rings. The lowest BCUT2D eigenvalue weighted by molar-refractivity contribution is -0.119. The summed E-state index contributed by atoms with van der Waals surface area (Å²) in [5.74, 6) is -0.603. The van der Waals surface area contributed by atoms with Gasteiger partial charge in [-0.1, -0.05) is 91.8 Å². The van der Waals surface area contributed by atoms with E-state index in [9.17, 15) is 18.0 Å². The van der Waals surface area contributed by atoms with E-state index in [4.69, 9.17) is 11.6 Å². The highest BCUT2D eigenvalue weighted by atomic mass is 35.5. The van der Waals surface area contributed by atoms with Crippen molar-refractivity contribution in [2.75, 3.05) is 18.8 Å². The Kier molecular flexibility index (Phi) is 10.2. The Bertz CT molecular complexity index is 1630. The third kappa shape index (κ3) is 7.33. The Hall–Kier alpha value is -3.71. The van der Waals surface area contributed by atoms with Gasteiger partial charge in [0.25, 0.3) is 5.91 Å². The number of hydrogen-bond donors (Lipinski definition) is 2. The predicted molar refractivity (Wildman–Crippen MR) is 159 cm³/mol. The van der Waals surface area contributed by atoms with Crippen LogP contribution in [0.15, 0.2) is 88.9 Å². The lowest BCUT2D eigenvalue weighted by atomic mass is 10.2. The van der Waals surface area contributed by atoms with Crippen LogP contribution < -0.4 is 10.9 Å². The van der Waals surface area contributed by atoms with E-state index in [0.29, 0.717) is 36.2 Å². The van der Waals surface area contributed by atoms with Gasteiger partial charge in [0.2, 0.25) is 15.9 Å². The molecular weight excluding hydrogens is 584 g/mol. The highest BCUT2D eigenvalue weighted by Crippen LogP contribution is 2.28. The first-order valence-electron chi connectivity index (χ1n) is 12.8. The number of halogens is 1. The molecule has 0 aliphatic heterocycles. The topological polar surface area (TPSA) is 126 Å². The SMILES string of the molecule is CCN(CC)S(=O)(=O)c1cccc(-c2nnc(SCC(=O)NNC(=O)c3ccccc3Cl)n2Cc2ccccc2)c1. The third-order valence-corrected chi connectivity index (χ3v) is 9.44. The molecule has 3 aromatic carbocycles.